The van der Waals surface area contributed by atoms with E-state index in [4.69, 9.17) is 10.00 Å². The van der Waals surface area contributed by atoms with Crippen molar-refractivity contribution in [3.63, 3.8) is 0 Å². The number of nitriles is 1. The molecule has 0 N–H and O–H groups in total. The number of hydrogen-bond acceptors (Lipinski definition) is 3. The Bertz CT molecular complexity index is 618. The summed E-state index contributed by atoms with van der Waals surface area (Å²) < 4.78 is 19.3. The van der Waals surface area contributed by atoms with E-state index in [1.165, 1.54) is 12.1 Å². The molecule has 1 heterocycles. The fourth-order valence-electron chi connectivity index (χ4n) is 1.74. The third-order valence-corrected chi connectivity index (χ3v) is 2.73. The van der Waals surface area contributed by atoms with Crippen LogP contribution >= 0.6 is 0 Å². The van der Waals surface area contributed by atoms with Gasteiger partial charge in [0, 0.05) is 6.20 Å². The zero-order valence-corrected chi connectivity index (χ0v) is 10.7. The summed E-state index contributed by atoms with van der Waals surface area (Å²) in [5.74, 6) is -0.366. The van der Waals surface area contributed by atoms with E-state index >= 15 is 0 Å². The van der Waals surface area contributed by atoms with Crippen molar-refractivity contribution in [1.29, 1.82) is 5.26 Å². The Balaban J connectivity index is 2.37. The fraction of sp³-hybridized carbons (Fsp3) is 0.200. The van der Waals surface area contributed by atoms with Crippen LogP contribution < -0.4 is 4.74 Å². The zero-order valence-electron chi connectivity index (χ0n) is 10.7. The highest BCUT2D eigenvalue weighted by atomic mass is 19.1. The summed E-state index contributed by atoms with van der Waals surface area (Å²) in [6.45, 7) is 3.64. The van der Waals surface area contributed by atoms with Gasteiger partial charge in [-0.3, -0.25) is 4.98 Å². The Morgan fingerprint density at radius 2 is 2.00 bits per heavy atom. The van der Waals surface area contributed by atoms with Gasteiger partial charge in [0.15, 0.2) is 0 Å². The highest BCUT2D eigenvalue weighted by molar-refractivity contribution is 5.44. The highest BCUT2D eigenvalue weighted by Gasteiger charge is 2.25. The molecular formula is C15H13FN2O. The molecule has 0 saturated heterocycles. The third-order valence-electron chi connectivity index (χ3n) is 2.73. The first-order valence-electron chi connectivity index (χ1n) is 5.84. The van der Waals surface area contributed by atoms with Crippen LogP contribution in [0.2, 0.25) is 0 Å². The lowest BCUT2D eigenvalue weighted by Crippen LogP contribution is -2.27. The van der Waals surface area contributed by atoms with Gasteiger partial charge in [-0.25, -0.2) is 4.39 Å². The summed E-state index contributed by atoms with van der Waals surface area (Å²) in [6.07, 6.45) is 1.66. The lowest BCUT2D eigenvalue weighted by Gasteiger charge is -2.26. The maximum Gasteiger partial charge on any atom is 0.145 e. The van der Waals surface area contributed by atoms with Gasteiger partial charge < -0.3 is 4.74 Å². The predicted octanol–water partition coefficient (Wildman–Crippen LogP) is 3.41. The van der Waals surface area contributed by atoms with E-state index in [9.17, 15) is 4.39 Å². The van der Waals surface area contributed by atoms with E-state index in [1.807, 2.05) is 38.1 Å². The van der Waals surface area contributed by atoms with Gasteiger partial charge in [0.05, 0.1) is 5.69 Å². The van der Waals surface area contributed by atoms with Crippen molar-refractivity contribution in [2.24, 2.45) is 0 Å². The van der Waals surface area contributed by atoms with Gasteiger partial charge in [0.1, 0.15) is 28.8 Å². The Hall–Kier alpha value is -2.41. The molecule has 0 bridgehead atoms. The number of benzene rings is 1. The van der Waals surface area contributed by atoms with Crippen molar-refractivity contribution in [3.05, 3.63) is 59.7 Å². The van der Waals surface area contributed by atoms with Gasteiger partial charge in [-0.15, -0.1) is 0 Å². The highest BCUT2D eigenvalue weighted by Crippen LogP contribution is 2.29. The molecule has 19 heavy (non-hydrogen) atoms. The van der Waals surface area contributed by atoms with Crippen molar-refractivity contribution in [2.45, 2.75) is 19.4 Å². The van der Waals surface area contributed by atoms with Crippen LogP contribution in [0.3, 0.4) is 0 Å². The molecule has 2 aromatic rings. The molecule has 4 heteroatoms. The number of aromatic nitrogens is 1. The molecule has 2 rings (SSSR count). The van der Waals surface area contributed by atoms with E-state index in [0.717, 1.165) is 0 Å². The standard InChI is InChI=1S/C15H13FN2O/c1-15(2,14-8-3-4-9-18-14)19-13-7-5-6-12(16)11(13)10-17/h3-9H,1-2H3. The summed E-state index contributed by atoms with van der Waals surface area (Å²) >= 11 is 0. The molecule has 1 aromatic heterocycles. The number of rotatable bonds is 3. The molecule has 0 aliphatic carbocycles. The van der Waals surface area contributed by atoms with Crippen molar-refractivity contribution < 1.29 is 9.13 Å². The van der Waals surface area contributed by atoms with Crippen LogP contribution in [0.25, 0.3) is 0 Å². The molecule has 0 unspecified atom stereocenters. The number of pyridine rings is 1. The molecule has 3 nitrogen and oxygen atoms in total. The normalized spacial score (nSPS) is 10.8. The summed E-state index contributed by atoms with van der Waals surface area (Å²) in [7, 11) is 0. The van der Waals surface area contributed by atoms with Gasteiger partial charge in [-0.05, 0) is 38.1 Å². The molecule has 0 radical (unpaired) electrons. The smallest absolute Gasteiger partial charge is 0.145 e. The number of halogens is 1. The minimum absolute atomic E-state index is 0.0912. The molecule has 0 spiro atoms. The number of hydrogen-bond donors (Lipinski definition) is 0. The average molecular weight is 256 g/mol. The molecule has 0 amide bonds. The van der Waals surface area contributed by atoms with Gasteiger partial charge in [-0.1, -0.05) is 12.1 Å². The molecule has 0 fully saturated rings. The zero-order chi connectivity index (χ0) is 13.9. The average Bonchev–Trinajstić information content (AvgIpc) is 2.40. The first-order valence-corrected chi connectivity index (χ1v) is 5.84. The van der Waals surface area contributed by atoms with Gasteiger partial charge >= 0.3 is 0 Å². The van der Waals surface area contributed by atoms with Crippen LogP contribution in [0.4, 0.5) is 4.39 Å². The molecule has 0 atom stereocenters. The van der Waals surface area contributed by atoms with E-state index < -0.39 is 11.4 Å². The van der Waals surface area contributed by atoms with Crippen molar-refractivity contribution in [2.75, 3.05) is 0 Å². The van der Waals surface area contributed by atoms with Gasteiger partial charge in [0.25, 0.3) is 0 Å². The minimum atomic E-state index is -0.749. The van der Waals surface area contributed by atoms with E-state index in [2.05, 4.69) is 4.98 Å². The summed E-state index contributed by atoms with van der Waals surface area (Å²) in [5.41, 5.74) is -0.129. The number of ether oxygens (including phenoxy) is 1. The lowest BCUT2D eigenvalue weighted by molar-refractivity contribution is 0.103. The maximum atomic E-state index is 13.5. The number of nitrogens with zero attached hydrogens (tertiary/aromatic N) is 2. The predicted molar refractivity (Wildman–Crippen MR) is 69.0 cm³/mol. The second kappa shape index (κ2) is 5.07. The Kier molecular flexibility index (Phi) is 3.48. The first-order chi connectivity index (χ1) is 9.04. The largest absolute Gasteiger partial charge is 0.480 e. The summed E-state index contributed by atoms with van der Waals surface area (Å²) in [5, 5.41) is 8.98. The summed E-state index contributed by atoms with van der Waals surface area (Å²) in [4.78, 5) is 4.22. The van der Waals surface area contributed by atoms with Crippen LogP contribution in [0.15, 0.2) is 42.6 Å². The van der Waals surface area contributed by atoms with Crippen LogP contribution in [0.1, 0.15) is 25.1 Å². The lowest BCUT2D eigenvalue weighted by atomic mass is 10.0. The van der Waals surface area contributed by atoms with Gasteiger partial charge in [0.2, 0.25) is 0 Å². The second-order valence-corrected chi connectivity index (χ2v) is 4.55. The maximum absolute atomic E-state index is 13.5. The monoisotopic (exact) mass is 256 g/mol. The van der Waals surface area contributed by atoms with Crippen LogP contribution in [-0.2, 0) is 5.60 Å². The molecule has 0 aliphatic rings. The molecule has 0 aliphatic heterocycles. The van der Waals surface area contributed by atoms with Crippen LogP contribution in [0, 0.1) is 17.1 Å². The van der Waals surface area contributed by atoms with Crippen LogP contribution in [0.5, 0.6) is 5.75 Å². The van der Waals surface area contributed by atoms with Crippen molar-refractivity contribution >= 4 is 0 Å². The van der Waals surface area contributed by atoms with Gasteiger partial charge in [-0.2, -0.15) is 5.26 Å². The second-order valence-electron chi connectivity index (χ2n) is 4.55. The molecule has 96 valence electrons. The van der Waals surface area contributed by atoms with E-state index in [1.54, 1.807) is 12.3 Å². The first kappa shape index (κ1) is 13.0. The third kappa shape index (κ3) is 2.71. The molecule has 0 saturated carbocycles. The SMILES string of the molecule is CC(C)(Oc1cccc(F)c1C#N)c1ccccn1. The minimum Gasteiger partial charge on any atom is -0.480 e. The topological polar surface area (TPSA) is 45.9 Å². The van der Waals surface area contributed by atoms with Crippen LogP contribution in [-0.4, -0.2) is 4.98 Å². The Morgan fingerprint density at radius 1 is 1.21 bits per heavy atom. The van der Waals surface area contributed by atoms with Crippen molar-refractivity contribution in [3.8, 4) is 11.8 Å². The Labute approximate surface area is 111 Å². The Morgan fingerprint density at radius 3 is 2.63 bits per heavy atom. The summed E-state index contributed by atoms with van der Waals surface area (Å²) in [6, 6.07) is 11.6. The molecule has 1 aromatic carbocycles. The van der Waals surface area contributed by atoms with E-state index in [-0.39, 0.29) is 11.3 Å². The quantitative estimate of drug-likeness (QED) is 0.845. The molecular weight excluding hydrogens is 243 g/mol. The fourth-order valence-corrected chi connectivity index (χ4v) is 1.74. The van der Waals surface area contributed by atoms with Crippen molar-refractivity contribution in [1.82, 2.24) is 4.98 Å². The van der Waals surface area contributed by atoms with E-state index in [0.29, 0.717) is 5.69 Å².